The number of hydrogen-bond acceptors (Lipinski definition) is 7. The molecule has 1 unspecified atom stereocenters. The first kappa shape index (κ1) is 17.7. The molecule has 0 spiro atoms. The minimum Gasteiger partial charge on any atom is -0.461 e. The number of nitrogens with two attached hydrogens (primary N) is 1. The molecule has 5 rings (SSSR count). The molecule has 0 saturated carbocycles. The minimum absolute atomic E-state index is 0.00459. The minimum atomic E-state index is -0.330. The number of carbonyl (C=O) groups is 1. The molecule has 2 N–H and O–H groups in total. The summed E-state index contributed by atoms with van der Waals surface area (Å²) in [5.41, 5.74) is 2.12. The van der Waals surface area contributed by atoms with Gasteiger partial charge in [0.1, 0.15) is 11.9 Å². The molecule has 0 bridgehead atoms. The normalized spacial score (nSPS) is 23.3. The summed E-state index contributed by atoms with van der Waals surface area (Å²) in [5.74, 6) is 7.87. The number of rotatable bonds is 3. The van der Waals surface area contributed by atoms with Gasteiger partial charge in [0, 0.05) is 24.2 Å². The van der Waals surface area contributed by atoms with Gasteiger partial charge in [-0.25, -0.2) is 4.99 Å². The molecule has 1 amide bonds. The zero-order valence-electron chi connectivity index (χ0n) is 15.6. The molecule has 1 aromatic heterocycles. The fraction of sp³-hybridized carbons (Fsp3) is 0.200. The van der Waals surface area contributed by atoms with Crippen molar-refractivity contribution in [2.75, 3.05) is 26.3 Å². The number of carbonyl (C=O) groups excluding carboxylic acids is 1. The molecule has 9 nitrogen and oxygen atoms in total. The molecular formula is C20H19N6O3+. The summed E-state index contributed by atoms with van der Waals surface area (Å²) in [5, 5.41) is 4.46. The van der Waals surface area contributed by atoms with Crippen LogP contribution in [0.3, 0.4) is 0 Å². The lowest BCUT2D eigenvalue weighted by Gasteiger charge is -2.27. The second kappa shape index (κ2) is 6.89. The number of furan rings is 1. The number of nitrogens with zero attached hydrogens (tertiary/aromatic N) is 5. The molecule has 0 aliphatic carbocycles. The van der Waals surface area contributed by atoms with E-state index < -0.39 is 0 Å². The van der Waals surface area contributed by atoms with Crippen molar-refractivity contribution < 1.29 is 18.6 Å². The van der Waals surface area contributed by atoms with Gasteiger partial charge in [-0.2, -0.15) is 4.99 Å². The van der Waals surface area contributed by atoms with Crippen LogP contribution in [0.5, 0.6) is 0 Å². The first-order chi connectivity index (χ1) is 14.1. The molecule has 9 heteroatoms. The van der Waals surface area contributed by atoms with Crippen LogP contribution in [-0.4, -0.2) is 59.7 Å². The average Bonchev–Trinajstić information content (AvgIpc) is 3.41. The zero-order valence-corrected chi connectivity index (χ0v) is 15.6. The van der Waals surface area contributed by atoms with Crippen LogP contribution in [0, 0.1) is 0 Å². The third kappa shape index (κ3) is 3.21. The van der Waals surface area contributed by atoms with Gasteiger partial charge in [0.25, 0.3) is 17.6 Å². The van der Waals surface area contributed by atoms with E-state index in [-0.39, 0.29) is 10.6 Å². The third-order valence-corrected chi connectivity index (χ3v) is 4.95. The third-order valence-electron chi connectivity index (χ3n) is 4.95. The van der Waals surface area contributed by atoms with Crippen LogP contribution in [0.1, 0.15) is 21.7 Å². The van der Waals surface area contributed by atoms with E-state index in [1.54, 1.807) is 47.8 Å². The highest BCUT2D eigenvalue weighted by Crippen LogP contribution is 2.26. The molecule has 3 aliphatic rings. The van der Waals surface area contributed by atoms with Gasteiger partial charge < -0.3 is 14.1 Å². The summed E-state index contributed by atoms with van der Waals surface area (Å²) in [6, 6.07) is 10.9. The highest BCUT2D eigenvalue weighted by Gasteiger charge is 2.40. The maximum Gasteiger partial charge on any atom is 0.300 e. The summed E-state index contributed by atoms with van der Waals surface area (Å²) < 4.78 is 10.3. The van der Waals surface area contributed by atoms with E-state index in [4.69, 9.17) is 15.0 Å². The van der Waals surface area contributed by atoms with Crippen molar-refractivity contribution in [1.29, 1.82) is 0 Å². The molecule has 1 saturated heterocycles. The molecule has 0 radical (unpaired) electrons. The smallest absolute Gasteiger partial charge is 0.300 e. The lowest BCUT2D eigenvalue weighted by Crippen LogP contribution is -2.50. The first-order valence-electron chi connectivity index (χ1n) is 9.27. The number of quaternary nitrogens is 1. The first-order valence-corrected chi connectivity index (χ1v) is 9.27. The number of morpholine rings is 1. The Morgan fingerprint density at radius 2 is 1.93 bits per heavy atom. The van der Waals surface area contributed by atoms with Crippen LogP contribution in [0.2, 0.25) is 0 Å². The van der Waals surface area contributed by atoms with Gasteiger partial charge >= 0.3 is 0 Å². The fourth-order valence-electron chi connectivity index (χ4n) is 3.37. The van der Waals surface area contributed by atoms with Crippen molar-refractivity contribution in [3.05, 3.63) is 65.7 Å². The highest BCUT2D eigenvalue weighted by atomic mass is 16.5. The second-order valence-electron chi connectivity index (χ2n) is 6.86. The van der Waals surface area contributed by atoms with Crippen molar-refractivity contribution in [3.8, 4) is 0 Å². The summed E-state index contributed by atoms with van der Waals surface area (Å²) in [6.45, 7) is 2.38. The lowest BCUT2D eigenvalue weighted by atomic mass is 10.1. The number of benzene rings is 1. The van der Waals surface area contributed by atoms with Crippen LogP contribution in [0.4, 0.5) is 0 Å². The maximum atomic E-state index is 12.6. The number of aliphatic imine (C=N–C) groups is 2. The van der Waals surface area contributed by atoms with Crippen molar-refractivity contribution in [2.45, 2.75) is 0 Å². The van der Waals surface area contributed by atoms with Gasteiger partial charge in [-0.3, -0.25) is 4.79 Å². The van der Waals surface area contributed by atoms with Crippen molar-refractivity contribution >= 4 is 29.5 Å². The van der Waals surface area contributed by atoms with Crippen LogP contribution in [-0.2, 0) is 4.74 Å². The van der Waals surface area contributed by atoms with E-state index >= 15 is 0 Å². The fourth-order valence-corrected chi connectivity index (χ4v) is 3.37. The Balaban J connectivity index is 1.39. The van der Waals surface area contributed by atoms with Gasteiger partial charge in [-0.15, -0.1) is 5.84 Å². The standard InChI is InChI=1S/C20H19N6O3/c21-26-13-16(22-12-18(26)23-19(24-26)17-2-1-9-29-17)14-3-5-15(6-4-14)20(27)25-7-10-28-11-8-25/h1-6,9,12-13H,7-8,10-11,21H2/q+1. The van der Waals surface area contributed by atoms with Crippen molar-refractivity contribution in [2.24, 2.45) is 20.9 Å². The summed E-state index contributed by atoms with van der Waals surface area (Å²) in [4.78, 5) is 23.3. The van der Waals surface area contributed by atoms with Gasteiger partial charge in [-0.1, -0.05) is 12.1 Å². The SMILES string of the molecule is N[N+]12C=C(c3ccc(C(=O)N4CCOCC4)cc3)N=CC1=NC(c1ccco1)=N2. The molecular weight excluding hydrogens is 372 g/mol. The molecule has 4 heterocycles. The maximum absolute atomic E-state index is 12.6. The van der Waals surface area contributed by atoms with Crippen LogP contribution in [0.25, 0.3) is 5.70 Å². The number of amides is 1. The number of fused-ring (bicyclic) bond motifs is 1. The lowest BCUT2D eigenvalue weighted by molar-refractivity contribution is -0.802. The van der Waals surface area contributed by atoms with Crippen LogP contribution < -0.4 is 5.84 Å². The molecule has 1 fully saturated rings. The molecule has 1 aromatic carbocycles. The van der Waals surface area contributed by atoms with Crippen molar-refractivity contribution in [3.63, 3.8) is 0 Å². The van der Waals surface area contributed by atoms with E-state index in [1.165, 1.54) is 0 Å². The largest absolute Gasteiger partial charge is 0.461 e. The number of amidine groups is 2. The van der Waals surface area contributed by atoms with Crippen molar-refractivity contribution in [1.82, 2.24) is 4.90 Å². The van der Waals surface area contributed by atoms with Crippen LogP contribution in [0.15, 0.2) is 68.4 Å². The summed E-state index contributed by atoms with van der Waals surface area (Å²) in [6.07, 6.45) is 4.88. The Labute approximate surface area is 166 Å². The average molecular weight is 391 g/mol. The molecule has 3 aliphatic heterocycles. The Morgan fingerprint density at radius 1 is 1.14 bits per heavy atom. The van der Waals surface area contributed by atoms with Gasteiger partial charge in [0.15, 0.2) is 12.0 Å². The Bertz CT molecular complexity index is 1060. The van der Waals surface area contributed by atoms with E-state index in [1.807, 2.05) is 12.1 Å². The Morgan fingerprint density at radius 3 is 2.66 bits per heavy atom. The van der Waals surface area contributed by atoms with Crippen LogP contribution >= 0.6 is 0 Å². The van der Waals surface area contributed by atoms with E-state index in [2.05, 4.69) is 15.1 Å². The van der Waals surface area contributed by atoms with E-state index in [9.17, 15) is 4.79 Å². The predicted octanol–water partition coefficient (Wildman–Crippen LogP) is 1.60. The van der Waals surface area contributed by atoms with Gasteiger partial charge in [0.2, 0.25) is 0 Å². The molecule has 146 valence electrons. The van der Waals surface area contributed by atoms with Gasteiger partial charge in [-0.05, 0) is 34.1 Å². The quantitative estimate of drug-likeness (QED) is 0.634. The monoisotopic (exact) mass is 391 g/mol. The predicted molar refractivity (Wildman–Crippen MR) is 107 cm³/mol. The zero-order chi connectivity index (χ0) is 19.8. The molecule has 29 heavy (non-hydrogen) atoms. The van der Waals surface area contributed by atoms with Gasteiger partial charge in [0.05, 0.1) is 19.5 Å². The number of hydrogen-bond donors (Lipinski definition) is 1. The summed E-state index contributed by atoms with van der Waals surface area (Å²) in [7, 11) is 0. The van der Waals surface area contributed by atoms with E-state index in [0.29, 0.717) is 55.0 Å². The highest BCUT2D eigenvalue weighted by molar-refractivity contribution is 6.32. The van der Waals surface area contributed by atoms with E-state index in [0.717, 1.165) is 5.56 Å². The Hall–Kier alpha value is -3.40. The summed E-state index contributed by atoms with van der Waals surface area (Å²) >= 11 is 0. The molecule has 1 atom stereocenters. The Kier molecular flexibility index (Phi) is 4.20. The topological polar surface area (TPSA) is 106 Å². The molecule has 2 aromatic rings. The number of ether oxygens (including phenoxy) is 1. The second-order valence-corrected chi connectivity index (χ2v) is 6.86.